The summed E-state index contributed by atoms with van der Waals surface area (Å²) in [6.07, 6.45) is 2.38. The van der Waals surface area contributed by atoms with Gasteiger partial charge >= 0.3 is 0 Å². The third-order valence-corrected chi connectivity index (χ3v) is 7.16. The summed E-state index contributed by atoms with van der Waals surface area (Å²) in [7, 11) is 0. The molecule has 0 spiro atoms. The Kier molecular flexibility index (Phi) is 4.99. The van der Waals surface area contributed by atoms with Gasteiger partial charge in [0.15, 0.2) is 0 Å². The van der Waals surface area contributed by atoms with E-state index in [9.17, 15) is 14.7 Å². The van der Waals surface area contributed by atoms with Crippen LogP contribution in [0, 0.1) is 17.8 Å². The number of likely N-dealkylation sites (tertiary alicyclic amines) is 1. The zero-order chi connectivity index (χ0) is 20.8. The summed E-state index contributed by atoms with van der Waals surface area (Å²) < 4.78 is 1.83. The Labute approximate surface area is 176 Å². The van der Waals surface area contributed by atoms with Crippen LogP contribution in [0.2, 0.25) is 0 Å². The Hall–Kier alpha value is -2.44. The van der Waals surface area contributed by atoms with Crippen molar-refractivity contribution in [2.75, 3.05) is 13.2 Å². The third-order valence-electron chi connectivity index (χ3n) is 7.16. The van der Waals surface area contributed by atoms with Crippen LogP contribution in [0.3, 0.4) is 0 Å². The second kappa shape index (κ2) is 7.67. The van der Waals surface area contributed by atoms with E-state index < -0.39 is 0 Å². The summed E-state index contributed by atoms with van der Waals surface area (Å²) in [5.74, 6) is 0.474. The van der Waals surface area contributed by atoms with Gasteiger partial charge in [-0.2, -0.15) is 0 Å². The van der Waals surface area contributed by atoms with Crippen molar-refractivity contribution < 1.29 is 9.90 Å². The van der Waals surface area contributed by atoms with E-state index in [0.717, 1.165) is 17.8 Å². The Morgan fingerprint density at radius 3 is 2.63 bits per heavy atom. The topological polar surface area (TPSA) is 74.6 Å². The van der Waals surface area contributed by atoms with E-state index in [0.29, 0.717) is 12.5 Å². The number of fused-ring (bicyclic) bond motifs is 3. The van der Waals surface area contributed by atoms with Gasteiger partial charge < -0.3 is 15.0 Å². The van der Waals surface area contributed by atoms with Gasteiger partial charge in [-0.15, -0.1) is 0 Å². The molecule has 1 aliphatic carbocycles. The zero-order valence-corrected chi connectivity index (χ0v) is 17.3. The van der Waals surface area contributed by atoms with Crippen LogP contribution in [0.4, 0.5) is 0 Å². The summed E-state index contributed by atoms with van der Waals surface area (Å²) in [6, 6.07) is 14.9. The van der Waals surface area contributed by atoms with E-state index in [1.54, 1.807) is 6.07 Å². The standard InChI is InChI=1S/C24H29N3O3/c1-15(17-6-3-2-4-7-17)25-24(30)23-19(14-28)18-13-26-20(8-5-9-21(26)29)22(18)27(23)12-16-10-11-16/h2-9,15-16,18-19,22-23,28H,10-14H2,1H3,(H,25,30)/t15-,18-,19-,22+,23-/m1/s1. The Morgan fingerprint density at radius 2 is 1.93 bits per heavy atom. The van der Waals surface area contributed by atoms with E-state index >= 15 is 0 Å². The number of hydrogen-bond donors (Lipinski definition) is 2. The predicted molar refractivity (Wildman–Crippen MR) is 114 cm³/mol. The van der Waals surface area contributed by atoms with Crippen LogP contribution in [0.1, 0.15) is 43.1 Å². The molecule has 6 nitrogen and oxygen atoms in total. The van der Waals surface area contributed by atoms with Gasteiger partial charge in [-0.05, 0) is 37.3 Å². The van der Waals surface area contributed by atoms with E-state index in [1.165, 1.54) is 12.8 Å². The van der Waals surface area contributed by atoms with Crippen molar-refractivity contribution in [2.24, 2.45) is 17.8 Å². The smallest absolute Gasteiger partial charge is 0.250 e. The highest BCUT2D eigenvalue weighted by molar-refractivity contribution is 5.83. The molecule has 158 valence electrons. The van der Waals surface area contributed by atoms with Crippen molar-refractivity contribution in [3.05, 3.63) is 70.1 Å². The number of nitrogens with zero attached hydrogens (tertiary/aromatic N) is 2. The average molecular weight is 408 g/mol. The molecule has 1 amide bonds. The first-order valence-electron chi connectivity index (χ1n) is 11.0. The lowest BCUT2D eigenvalue weighted by molar-refractivity contribution is -0.128. The Balaban J connectivity index is 1.46. The number of aliphatic hydroxyl groups excluding tert-OH is 1. The largest absolute Gasteiger partial charge is 0.396 e. The van der Waals surface area contributed by atoms with Gasteiger partial charge in [0.25, 0.3) is 5.56 Å². The first kappa shape index (κ1) is 19.5. The van der Waals surface area contributed by atoms with Crippen molar-refractivity contribution in [3.8, 4) is 0 Å². The second-order valence-electron chi connectivity index (χ2n) is 9.08. The first-order valence-corrected chi connectivity index (χ1v) is 11.0. The summed E-state index contributed by atoms with van der Waals surface area (Å²) in [6.45, 7) is 3.36. The maximum Gasteiger partial charge on any atom is 0.250 e. The molecule has 0 radical (unpaired) electrons. The highest BCUT2D eigenvalue weighted by atomic mass is 16.3. The molecule has 2 fully saturated rings. The van der Waals surface area contributed by atoms with Crippen LogP contribution in [0.15, 0.2) is 53.3 Å². The number of carbonyl (C=O) groups is 1. The maximum atomic E-state index is 13.5. The predicted octanol–water partition coefficient (Wildman–Crippen LogP) is 2.10. The SMILES string of the molecule is C[C@@H](NC(=O)[C@H]1[C@H](CO)[C@H]2Cn3c(cccc3=O)[C@H]2N1CC1CC1)c1ccccc1. The lowest BCUT2D eigenvalue weighted by Crippen LogP contribution is -2.49. The van der Waals surface area contributed by atoms with Gasteiger partial charge in [-0.25, -0.2) is 0 Å². The average Bonchev–Trinajstić information content (AvgIpc) is 3.40. The molecular weight excluding hydrogens is 378 g/mol. The van der Waals surface area contributed by atoms with Crippen molar-refractivity contribution in [1.82, 2.24) is 14.8 Å². The van der Waals surface area contributed by atoms with Gasteiger partial charge in [0.05, 0.1) is 18.1 Å². The minimum Gasteiger partial charge on any atom is -0.396 e. The molecule has 1 aromatic heterocycles. The normalized spacial score (nSPS) is 28.7. The van der Waals surface area contributed by atoms with Crippen LogP contribution in [0.5, 0.6) is 0 Å². The van der Waals surface area contributed by atoms with Crippen LogP contribution < -0.4 is 10.9 Å². The number of hydrogen-bond acceptors (Lipinski definition) is 4. The number of carbonyl (C=O) groups excluding carboxylic acids is 1. The Morgan fingerprint density at radius 1 is 1.17 bits per heavy atom. The molecule has 3 aliphatic rings. The second-order valence-corrected chi connectivity index (χ2v) is 9.08. The minimum absolute atomic E-state index is 0.00339. The monoisotopic (exact) mass is 407 g/mol. The summed E-state index contributed by atoms with van der Waals surface area (Å²) >= 11 is 0. The molecular formula is C24H29N3O3. The van der Waals surface area contributed by atoms with E-state index in [4.69, 9.17) is 0 Å². The van der Waals surface area contributed by atoms with Gasteiger partial charge in [-0.3, -0.25) is 14.5 Å². The molecule has 0 unspecified atom stereocenters. The number of benzene rings is 1. The molecule has 6 heteroatoms. The quantitative estimate of drug-likeness (QED) is 0.769. The minimum atomic E-state index is -0.374. The van der Waals surface area contributed by atoms with Gasteiger partial charge in [0.2, 0.25) is 5.91 Å². The molecule has 30 heavy (non-hydrogen) atoms. The first-order chi connectivity index (χ1) is 14.6. The van der Waals surface area contributed by atoms with Gasteiger partial charge in [-0.1, -0.05) is 36.4 Å². The molecule has 2 N–H and O–H groups in total. The number of pyridine rings is 1. The molecule has 5 atom stereocenters. The summed E-state index contributed by atoms with van der Waals surface area (Å²) in [5.41, 5.74) is 2.05. The number of rotatable bonds is 6. The van der Waals surface area contributed by atoms with E-state index in [1.807, 2.05) is 54.0 Å². The molecule has 1 saturated carbocycles. The van der Waals surface area contributed by atoms with Crippen LogP contribution in [-0.2, 0) is 11.3 Å². The zero-order valence-electron chi connectivity index (χ0n) is 17.3. The van der Waals surface area contributed by atoms with Crippen LogP contribution in [-0.4, -0.2) is 39.7 Å². The maximum absolute atomic E-state index is 13.5. The number of aromatic nitrogens is 1. The fourth-order valence-electron chi connectivity index (χ4n) is 5.49. The molecule has 1 saturated heterocycles. The summed E-state index contributed by atoms with van der Waals surface area (Å²) in [5, 5.41) is 13.5. The molecule has 5 rings (SSSR count). The molecule has 0 bridgehead atoms. The number of aliphatic hydroxyl groups is 1. The fraction of sp³-hybridized carbons (Fsp3) is 0.500. The van der Waals surface area contributed by atoms with Crippen LogP contribution in [0.25, 0.3) is 0 Å². The highest BCUT2D eigenvalue weighted by Gasteiger charge is 2.56. The molecule has 1 aromatic carbocycles. The summed E-state index contributed by atoms with van der Waals surface area (Å²) in [4.78, 5) is 28.2. The van der Waals surface area contributed by atoms with Crippen molar-refractivity contribution >= 4 is 5.91 Å². The molecule has 2 aromatic rings. The number of amides is 1. The molecule has 2 aliphatic heterocycles. The lowest BCUT2D eigenvalue weighted by Gasteiger charge is -2.31. The fourth-order valence-corrected chi connectivity index (χ4v) is 5.49. The van der Waals surface area contributed by atoms with Gasteiger partial charge in [0, 0.05) is 43.3 Å². The van der Waals surface area contributed by atoms with E-state index in [-0.39, 0.29) is 48.0 Å². The highest BCUT2D eigenvalue weighted by Crippen LogP contribution is 2.50. The Bertz CT molecular complexity index is 985. The molecule has 3 heterocycles. The van der Waals surface area contributed by atoms with Gasteiger partial charge in [0.1, 0.15) is 0 Å². The lowest BCUT2D eigenvalue weighted by atomic mass is 9.88. The van der Waals surface area contributed by atoms with Crippen molar-refractivity contribution in [3.63, 3.8) is 0 Å². The van der Waals surface area contributed by atoms with Crippen molar-refractivity contribution in [2.45, 2.75) is 44.4 Å². The third kappa shape index (κ3) is 3.28. The van der Waals surface area contributed by atoms with Crippen LogP contribution >= 0.6 is 0 Å². The number of nitrogens with one attached hydrogen (secondary N) is 1. The van der Waals surface area contributed by atoms with Crippen molar-refractivity contribution in [1.29, 1.82) is 0 Å². The van der Waals surface area contributed by atoms with E-state index in [2.05, 4.69) is 10.2 Å².